The van der Waals surface area contributed by atoms with Crippen molar-refractivity contribution in [3.63, 3.8) is 0 Å². The van der Waals surface area contributed by atoms with E-state index in [0.717, 1.165) is 18.9 Å². The zero-order chi connectivity index (χ0) is 12.1. The highest BCUT2D eigenvalue weighted by Crippen LogP contribution is 2.25. The van der Waals surface area contributed by atoms with Gasteiger partial charge in [0.05, 0.1) is 12.2 Å². The van der Waals surface area contributed by atoms with Crippen LogP contribution < -0.4 is 5.73 Å². The first-order chi connectivity index (χ1) is 8.28. The SMILES string of the molecule is CN(CC1CCCCC1)CC1CCC(CN)O1. The van der Waals surface area contributed by atoms with Crippen LogP contribution in [0.2, 0.25) is 0 Å². The van der Waals surface area contributed by atoms with Crippen molar-refractivity contribution >= 4 is 0 Å². The topological polar surface area (TPSA) is 38.5 Å². The zero-order valence-corrected chi connectivity index (χ0v) is 11.2. The van der Waals surface area contributed by atoms with Crippen molar-refractivity contribution in [3.8, 4) is 0 Å². The maximum absolute atomic E-state index is 5.90. The number of rotatable bonds is 5. The van der Waals surface area contributed by atoms with Crippen LogP contribution in [0.3, 0.4) is 0 Å². The lowest BCUT2D eigenvalue weighted by Gasteiger charge is -2.28. The number of likely N-dealkylation sites (N-methyl/N-ethyl adjacent to an activating group) is 1. The molecular weight excluding hydrogens is 212 g/mol. The van der Waals surface area contributed by atoms with Crippen molar-refractivity contribution in [2.75, 3.05) is 26.7 Å². The zero-order valence-electron chi connectivity index (χ0n) is 11.2. The van der Waals surface area contributed by atoms with E-state index in [9.17, 15) is 0 Å². The second-order valence-corrected chi connectivity index (χ2v) is 5.92. The summed E-state index contributed by atoms with van der Waals surface area (Å²) in [6, 6.07) is 0. The first-order valence-corrected chi connectivity index (χ1v) is 7.32. The molecule has 1 aliphatic heterocycles. The Hall–Kier alpha value is -0.120. The molecule has 0 amide bonds. The Kier molecular flexibility index (Phi) is 5.26. The first-order valence-electron chi connectivity index (χ1n) is 7.32. The molecule has 2 aliphatic rings. The van der Waals surface area contributed by atoms with Gasteiger partial charge in [0.25, 0.3) is 0 Å². The molecule has 0 radical (unpaired) electrons. The standard InChI is InChI=1S/C14H28N2O/c1-16(10-12-5-3-2-4-6-12)11-14-8-7-13(9-15)17-14/h12-14H,2-11,15H2,1H3. The fourth-order valence-corrected chi connectivity index (χ4v) is 3.32. The third-order valence-electron chi connectivity index (χ3n) is 4.27. The van der Waals surface area contributed by atoms with Crippen molar-refractivity contribution in [2.24, 2.45) is 11.7 Å². The Balaban J connectivity index is 1.64. The molecule has 1 saturated carbocycles. The Bertz CT molecular complexity index is 216. The van der Waals surface area contributed by atoms with Crippen molar-refractivity contribution in [2.45, 2.75) is 57.2 Å². The lowest BCUT2D eigenvalue weighted by Crippen LogP contribution is -2.34. The second kappa shape index (κ2) is 6.72. The highest BCUT2D eigenvalue weighted by atomic mass is 16.5. The van der Waals surface area contributed by atoms with Crippen LogP contribution >= 0.6 is 0 Å². The molecule has 1 aliphatic carbocycles. The molecule has 2 rings (SSSR count). The molecule has 2 atom stereocenters. The molecule has 1 heterocycles. The van der Waals surface area contributed by atoms with Gasteiger partial charge in [-0.15, -0.1) is 0 Å². The smallest absolute Gasteiger partial charge is 0.0707 e. The summed E-state index contributed by atoms with van der Waals surface area (Å²) in [5.74, 6) is 0.931. The molecule has 0 aromatic heterocycles. The molecule has 3 nitrogen and oxygen atoms in total. The van der Waals surface area contributed by atoms with Gasteiger partial charge in [-0.05, 0) is 38.6 Å². The average Bonchev–Trinajstić information content (AvgIpc) is 2.78. The van der Waals surface area contributed by atoms with E-state index < -0.39 is 0 Å². The molecule has 2 N–H and O–H groups in total. The largest absolute Gasteiger partial charge is 0.372 e. The van der Waals surface area contributed by atoms with E-state index in [4.69, 9.17) is 10.5 Å². The van der Waals surface area contributed by atoms with Gasteiger partial charge in [0, 0.05) is 19.6 Å². The fraction of sp³-hybridized carbons (Fsp3) is 1.00. The maximum atomic E-state index is 5.90. The van der Waals surface area contributed by atoms with Gasteiger partial charge in [0.2, 0.25) is 0 Å². The average molecular weight is 240 g/mol. The van der Waals surface area contributed by atoms with Gasteiger partial charge in [-0.3, -0.25) is 0 Å². The molecule has 0 spiro atoms. The molecule has 2 fully saturated rings. The van der Waals surface area contributed by atoms with Gasteiger partial charge >= 0.3 is 0 Å². The van der Waals surface area contributed by atoms with E-state index in [0.29, 0.717) is 18.8 Å². The number of nitrogens with zero attached hydrogens (tertiary/aromatic N) is 1. The van der Waals surface area contributed by atoms with E-state index >= 15 is 0 Å². The van der Waals surface area contributed by atoms with E-state index in [-0.39, 0.29) is 0 Å². The van der Waals surface area contributed by atoms with Crippen molar-refractivity contribution in [1.29, 1.82) is 0 Å². The summed E-state index contributed by atoms with van der Waals surface area (Å²) in [4.78, 5) is 2.47. The summed E-state index contributed by atoms with van der Waals surface area (Å²) in [5.41, 5.74) is 5.64. The van der Waals surface area contributed by atoms with Crippen LogP contribution in [0, 0.1) is 5.92 Å². The number of ether oxygens (including phenoxy) is 1. The van der Waals surface area contributed by atoms with Crippen LogP contribution in [0.25, 0.3) is 0 Å². The summed E-state index contributed by atoms with van der Waals surface area (Å²) in [7, 11) is 2.24. The Morgan fingerprint density at radius 2 is 1.71 bits per heavy atom. The third kappa shape index (κ3) is 4.23. The predicted molar refractivity (Wildman–Crippen MR) is 71.0 cm³/mol. The van der Waals surface area contributed by atoms with Gasteiger partial charge in [0.1, 0.15) is 0 Å². The van der Waals surface area contributed by atoms with E-state index in [2.05, 4.69) is 11.9 Å². The highest BCUT2D eigenvalue weighted by Gasteiger charge is 2.25. The minimum absolute atomic E-state index is 0.322. The maximum Gasteiger partial charge on any atom is 0.0707 e. The van der Waals surface area contributed by atoms with Gasteiger partial charge in [-0.2, -0.15) is 0 Å². The van der Waals surface area contributed by atoms with Crippen LogP contribution in [0.5, 0.6) is 0 Å². The molecule has 17 heavy (non-hydrogen) atoms. The lowest BCUT2D eigenvalue weighted by molar-refractivity contribution is 0.0284. The van der Waals surface area contributed by atoms with Crippen LogP contribution in [-0.2, 0) is 4.74 Å². The normalized spacial score (nSPS) is 31.2. The third-order valence-corrected chi connectivity index (χ3v) is 4.27. The summed E-state index contributed by atoms with van der Waals surface area (Å²) in [6.07, 6.45) is 10.3. The quantitative estimate of drug-likeness (QED) is 0.799. The predicted octanol–water partition coefficient (Wildman–Crippen LogP) is 2.00. The van der Waals surface area contributed by atoms with Crippen molar-refractivity contribution in [1.82, 2.24) is 4.90 Å². The van der Waals surface area contributed by atoms with Crippen LogP contribution in [-0.4, -0.2) is 43.8 Å². The number of hydrogen-bond donors (Lipinski definition) is 1. The minimum atomic E-state index is 0.322. The Morgan fingerprint density at radius 1 is 1.00 bits per heavy atom. The second-order valence-electron chi connectivity index (χ2n) is 5.92. The van der Waals surface area contributed by atoms with Crippen molar-refractivity contribution in [3.05, 3.63) is 0 Å². The van der Waals surface area contributed by atoms with Gasteiger partial charge in [0.15, 0.2) is 0 Å². The van der Waals surface area contributed by atoms with E-state index in [1.54, 1.807) is 0 Å². The summed E-state index contributed by atoms with van der Waals surface area (Å²) >= 11 is 0. The fourth-order valence-electron chi connectivity index (χ4n) is 3.32. The van der Waals surface area contributed by atoms with E-state index in [1.807, 2.05) is 0 Å². The van der Waals surface area contributed by atoms with Gasteiger partial charge < -0.3 is 15.4 Å². The van der Waals surface area contributed by atoms with E-state index in [1.165, 1.54) is 45.1 Å². The molecule has 100 valence electrons. The summed E-state index contributed by atoms with van der Waals surface area (Å²) in [5, 5.41) is 0. The molecule has 0 aromatic rings. The molecule has 2 unspecified atom stereocenters. The monoisotopic (exact) mass is 240 g/mol. The van der Waals surface area contributed by atoms with Crippen LogP contribution in [0.4, 0.5) is 0 Å². The molecule has 1 saturated heterocycles. The number of nitrogens with two attached hydrogens (primary N) is 1. The van der Waals surface area contributed by atoms with Gasteiger partial charge in [-0.1, -0.05) is 19.3 Å². The van der Waals surface area contributed by atoms with Crippen LogP contribution in [0.1, 0.15) is 44.9 Å². The first kappa shape index (κ1) is 13.3. The Labute approximate surface area is 106 Å². The lowest BCUT2D eigenvalue weighted by atomic mass is 9.89. The Morgan fingerprint density at radius 3 is 2.35 bits per heavy atom. The van der Waals surface area contributed by atoms with Crippen molar-refractivity contribution < 1.29 is 4.74 Å². The molecule has 0 bridgehead atoms. The summed E-state index contributed by atoms with van der Waals surface area (Å²) in [6.45, 7) is 3.03. The molecule has 3 heteroatoms. The summed E-state index contributed by atoms with van der Waals surface area (Å²) < 4.78 is 5.90. The minimum Gasteiger partial charge on any atom is -0.372 e. The van der Waals surface area contributed by atoms with Crippen LogP contribution in [0.15, 0.2) is 0 Å². The number of hydrogen-bond acceptors (Lipinski definition) is 3. The molecule has 0 aromatic carbocycles. The molecular formula is C14H28N2O. The highest BCUT2D eigenvalue weighted by molar-refractivity contribution is 4.77. The van der Waals surface area contributed by atoms with Gasteiger partial charge in [-0.25, -0.2) is 0 Å².